The molecule has 1 aliphatic heterocycles. The van der Waals surface area contributed by atoms with Gasteiger partial charge in [-0.2, -0.15) is 0 Å². The van der Waals surface area contributed by atoms with Crippen molar-refractivity contribution in [3.05, 3.63) is 71.0 Å². The number of nitrogens with zero attached hydrogens (tertiary/aromatic N) is 2. The number of aromatic amines is 1. The number of nitrogens with one attached hydrogen (secondary N) is 1. The van der Waals surface area contributed by atoms with Crippen molar-refractivity contribution in [3.8, 4) is 11.1 Å². The molecule has 5 rings (SSSR count). The third kappa shape index (κ3) is 4.18. The zero-order valence-corrected chi connectivity index (χ0v) is 19.7. The fourth-order valence-corrected chi connectivity index (χ4v) is 4.83. The predicted molar refractivity (Wildman–Crippen MR) is 134 cm³/mol. The number of benzene rings is 3. The molecule has 0 aliphatic carbocycles. The molecule has 0 spiro atoms. The molecule has 2 heterocycles. The minimum absolute atomic E-state index is 0.0774. The largest absolute Gasteiger partial charge is 0.481 e. The number of hydrogen-bond donors (Lipinski definition) is 3. The van der Waals surface area contributed by atoms with E-state index in [1.54, 1.807) is 24.3 Å². The van der Waals surface area contributed by atoms with Crippen molar-refractivity contribution in [2.45, 2.75) is 6.42 Å². The SMILES string of the molecule is CN1CCN(C(=O)c2ccc3c(c2)[nH]c2c(C(N)=O)ccc(-c4cc(CC(=O)O)ccc4F)c23)CC1. The first kappa shape index (κ1) is 23.5. The Morgan fingerprint density at radius 1 is 1.00 bits per heavy atom. The number of carboxylic acids is 1. The van der Waals surface area contributed by atoms with Gasteiger partial charge in [0.25, 0.3) is 11.8 Å². The lowest BCUT2D eigenvalue weighted by Gasteiger charge is -2.32. The summed E-state index contributed by atoms with van der Waals surface area (Å²) in [5.74, 6) is -2.27. The van der Waals surface area contributed by atoms with Gasteiger partial charge >= 0.3 is 5.97 Å². The zero-order chi connectivity index (χ0) is 25.6. The quantitative estimate of drug-likeness (QED) is 0.398. The molecule has 184 valence electrons. The minimum Gasteiger partial charge on any atom is -0.481 e. The van der Waals surface area contributed by atoms with E-state index in [1.807, 2.05) is 11.9 Å². The second kappa shape index (κ2) is 9.09. The molecule has 1 saturated heterocycles. The molecule has 1 aliphatic rings. The normalized spacial score (nSPS) is 14.4. The molecular formula is C27H25FN4O4. The molecule has 0 saturated carbocycles. The van der Waals surface area contributed by atoms with E-state index in [2.05, 4.69) is 9.88 Å². The van der Waals surface area contributed by atoms with Crippen LogP contribution in [0.3, 0.4) is 0 Å². The number of H-pyrrole nitrogens is 1. The van der Waals surface area contributed by atoms with Crippen molar-refractivity contribution in [2.75, 3.05) is 33.2 Å². The van der Waals surface area contributed by atoms with E-state index >= 15 is 0 Å². The molecule has 3 aromatic carbocycles. The predicted octanol–water partition coefficient (Wildman–Crippen LogP) is 3.24. The van der Waals surface area contributed by atoms with E-state index in [4.69, 9.17) is 10.8 Å². The van der Waals surface area contributed by atoms with Gasteiger partial charge in [0, 0.05) is 53.6 Å². The Kier molecular flexibility index (Phi) is 5.93. The van der Waals surface area contributed by atoms with Gasteiger partial charge in [-0.25, -0.2) is 4.39 Å². The Labute approximate surface area is 206 Å². The Bertz CT molecular complexity index is 1540. The van der Waals surface area contributed by atoms with Crippen LogP contribution in [-0.4, -0.2) is 70.9 Å². The lowest BCUT2D eigenvalue weighted by molar-refractivity contribution is -0.136. The summed E-state index contributed by atoms with van der Waals surface area (Å²) in [7, 11) is 2.02. The van der Waals surface area contributed by atoms with Crippen LogP contribution in [-0.2, 0) is 11.2 Å². The van der Waals surface area contributed by atoms with E-state index in [-0.39, 0.29) is 23.5 Å². The number of hydrogen-bond acceptors (Lipinski definition) is 4. The number of halogens is 1. The summed E-state index contributed by atoms with van der Waals surface area (Å²) in [6.07, 6.45) is -0.249. The first-order chi connectivity index (χ1) is 17.2. The van der Waals surface area contributed by atoms with Crippen molar-refractivity contribution in [1.82, 2.24) is 14.8 Å². The number of carbonyl (C=O) groups is 3. The van der Waals surface area contributed by atoms with Crippen molar-refractivity contribution in [2.24, 2.45) is 5.73 Å². The molecule has 1 aromatic heterocycles. The molecular weight excluding hydrogens is 463 g/mol. The second-order valence-corrected chi connectivity index (χ2v) is 9.14. The maximum Gasteiger partial charge on any atom is 0.307 e. The summed E-state index contributed by atoms with van der Waals surface area (Å²) in [6, 6.07) is 12.6. The number of carbonyl (C=O) groups excluding carboxylic acids is 2. The van der Waals surface area contributed by atoms with Crippen LogP contribution < -0.4 is 5.73 Å². The number of piperazine rings is 1. The molecule has 36 heavy (non-hydrogen) atoms. The minimum atomic E-state index is -1.02. The molecule has 0 radical (unpaired) electrons. The number of likely N-dealkylation sites (N-methyl/N-ethyl adjacent to an activating group) is 1. The number of primary amides is 1. The summed E-state index contributed by atoms with van der Waals surface area (Å²) >= 11 is 0. The van der Waals surface area contributed by atoms with Crippen LogP contribution in [0.4, 0.5) is 4.39 Å². The van der Waals surface area contributed by atoms with Crippen LogP contribution >= 0.6 is 0 Å². The number of aromatic nitrogens is 1. The standard InChI is InChI=1S/C27H25FN4O4/c1-31-8-10-32(11-9-31)27(36)16-3-4-18-22(14-16)30-25-19(26(29)35)6-5-17(24(18)25)20-12-15(13-23(33)34)2-7-21(20)28/h2-7,12,14,30H,8-11,13H2,1H3,(H2,29,35)(H,33,34). The average molecular weight is 489 g/mol. The number of fused-ring (bicyclic) bond motifs is 3. The molecule has 8 nitrogen and oxygen atoms in total. The molecule has 9 heteroatoms. The average Bonchev–Trinajstić information content (AvgIpc) is 3.23. The third-order valence-electron chi connectivity index (χ3n) is 6.73. The van der Waals surface area contributed by atoms with Crippen LogP contribution in [0.2, 0.25) is 0 Å². The van der Waals surface area contributed by atoms with Crippen molar-refractivity contribution < 1.29 is 23.9 Å². The lowest BCUT2D eigenvalue weighted by atomic mass is 9.94. The highest BCUT2D eigenvalue weighted by molar-refractivity contribution is 6.20. The Balaban J connectivity index is 1.67. The van der Waals surface area contributed by atoms with E-state index < -0.39 is 17.7 Å². The highest BCUT2D eigenvalue weighted by Crippen LogP contribution is 2.38. The number of nitrogens with two attached hydrogens (primary N) is 1. The van der Waals surface area contributed by atoms with Gasteiger partial charge in [0.15, 0.2) is 0 Å². The van der Waals surface area contributed by atoms with Crippen molar-refractivity contribution in [1.29, 1.82) is 0 Å². The van der Waals surface area contributed by atoms with Gasteiger partial charge in [0.05, 0.1) is 17.5 Å². The Morgan fingerprint density at radius 3 is 2.44 bits per heavy atom. The van der Waals surface area contributed by atoms with Gasteiger partial charge in [-0.3, -0.25) is 14.4 Å². The van der Waals surface area contributed by atoms with Gasteiger partial charge in [-0.1, -0.05) is 18.2 Å². The molecule has 1 fully saturated rings. The van der Waals surface area contributed by atoms with E-state index in [9.17, 15) is 18.8 Å². The summed E-state index contributed by atoms with van der Waals surface area (Å²) in [5.41, 5.74) is 8.57. The fraction of sp³-hybridized carbons (Fsp3) is 0.222. The van der Waals surface area contributed by atoms with Crippen molar-refractivity contribution in [3.63, 3.8) is 0 Å². The Hall–Kier alpha value is -4.24. The molecule has 4 N–H and O–H groups in total. The number of aliphatic carboxylic acids is 1. The monoisotopic (exact) mass is 488 g/mol. The number of rotatable bonds is 5. The summed E-state index contributed by atoms with van der Waals surface area (Å²) in [5, 5.41) is 10.4. The molecule has 0 unspecified atom stereocenters. The summed E-state index contributed by atoms with van der Waals surface area (Å²) in [4.78, 5) is 43.7. The summed E-state index contributed by atoms with van der Waals surface area (Å²) < 4.78 is 15.0. The van der Waals surface area contributed by atoms with Gasteiger partial charge in [0.1, 0.15) is 5.82 Å². The number of amides is 2. The smallest absolute Gasteiger partial charge is 0.307 e. The van der Waals surface area contributed by atoms with Crippen molar-refractivity contribution >= 4 is 39.6 Å². The number of carboxylic acid groups (broad SMARTS) is 1. The van der Waals surface area contributed by atoms with Crippen LogP contribution in [0.5, 0.6) is 0 Å². The maximum atomic E-state index is 15.0. The van der Waals surface area contributed by atoms with Crippen LogP contribution in [0.15, 0.2) is 48.5 Å². The lowest BCUT2D eigenvalue weighted by Crippen LogP contribution is -2.47. The fourth-order valence-electron chi connectivity index (χ4n) is 4.83. The molecule has 4 aromatic rings. The molecule has 0 bridgehead atoms. The highest BCUT2D eigenvalue weighted by Gasteiger charge is 2.23. The van der Waals surface area contributed by atoms with E-state index in [1.165, 1.54) is 24.3 Å². The zero-order valence-electron chi connectivity index (χ0n) is 19.7. The van der Waals surface area contributed by atoms with Gasteiger partial charge in [-0.15, -0.1) is 0 Å². The Morgan fingerprint density at radius 2 is 1.75 bits per heavy atom. The first-order valence-corrected chi connectivity index (χ1v) is 11.6. The molecule has 2 amide bonds. The van der Waals surface area contributed by atoms with E-state index in [0.29, 0.717) is 51.6 Å². The van der Waals surface area contributed by atoms with Crippen LogP contribution in [0, 0.1) is 5.82 Å². The second-order valence-electron chi connectivity index (χ2n) is 9.14. The highest BCUT2D eigenvalue weighted by atomic mass is 19.1. The van der Waals surface area contributed by atoms with Gasteiger partial charge < -0.3 is 25.6 Å². The van der Waals surface area contributed by atoms with Crippen LogP contribution in [0.1, 0.15) is 26.3 Å². The first-order valence-electron chi connectivity index (χ1n) is 11.6. The van der Waals surface area contributed by atoms with Gasteiger partial charge in [0.2, 0.25) is 0 Å². The maximum absolute atomic E-state index is 15.0. The summed E-state index contributed by atoms with van der Waals surface area (Å²) in [6.45, 7) is 2.89. The molecule has 0 atom stereocenters. The van der Waals surface area contributed by atoms with Crippen LogP contribution in [0.25, 0.3) is 32.9 Å². The third-order valence-corrected chi connectivity index (χ3v) is 6.73. The van der Waals surface area contributed by atoms with E-state index in [0.717, 1.165) is 13.1 Å². The van der Waals surface area contributed by atoms with Gasteiger partial charge in [-0.05, 0) is 48.5 Å². The topological polar surface area (TPSA) is 120 Å².